The van der Waals surface area contributed by atoms with Crippen molar-refractivity contribution in [1.82, 2.24) is 5.32 Å². The number of phenols is 1. The third kappa shape index (κ3) is 4.49. The first-order valence-electron chi connectivity index (χ1n) is 7.39. The summed E-state index contributed by atoms with van der Waals surface area (Å²) >= 11 is 5.82. The van der Waals surface area contributed by atoms with Gasteiger partial charge in [-0.1, -0.05) is 35.9 Å². The molecule has 0 bridgehead atoms. The number of esters is 1. The van der Waals surface area contributed by atoms with Crippen LogP contribution in [0.2, 0.25) is 5.02 Å². The summed E-state index contributed by atoms with van der Waals surface area (Å²) in [6, 6.07) is 11.6. The van der Waals surface area contributed by atoms with E-state index in [1.165, 1.54) is 6.07 Å². The van der Waals surface area contributed by atoms with Gasteiger partial charge >= 0.3 is 5.97 Å². The number of benzene rings is 2. The molecule has 0 radical (unpaired) electrons. The van der Waals surface area contributed by atoms with Crippen LogP contribution in [-0.2, 0) is 9.53 Å². The van der Waals surface area contributed by atoms with E-state index in [1.54, 1.807) is 31.2 Å². The number of carbonyl (C=O) groups is 2. The van der Waals surface area contributed by atoms with Crippen LogP contribution in [0.3, 0.4) is 0 Å². The molecule has 0 saturated heterocycles. The van der Waals surface area contributed by atoms with Crippen molar-refractivity contribution in [2.75, 3.05) is 6.61 Å². The Labute approximate surface area is 145 Å². The first-order chi connectivity index (χ1) is 11.4. The minimum atomic E-state index is -0.745. The highest BCUT2D eigenvalue weighted by Crippen LogP contribution is 2.22. The zero-order chi connectivity index (χ0) is 17.7. The number of phenolic OH excluding ortho intramolecular Hbond substituents is 1. The average molecular weight is 348 g/mol. The lowest BCUT2D eigenvalue weighted by molar-refractivity contribution is -0.124. The highest BCUT2D eigenvalue weighted by molar-refractivity contribution is 6.30. The Morgan fingerprint density at radius 2 is 1.88 bits per heavy atom. The van der Waals surface area contributed by atoms with Crippen molar-refractivity contribution in [3.63, 3.8) is 0 Å². The van der Waals surface area contributed by atoms with Crippen LogP contribution in [0.25, 0.3) is 0 Å². The monoisotopic (exact) mass is 347 g/mol. The summed E-state index contributed by atoms with van der Waals surface area (Å²) in [5.41, 5.74) is 1.48. The van der Waals surface area contributed by atoms with Crippen molar-refractivity contribution >= 4 is 23.5 Å². The fourth-order valence-corrected chi connectivity index (χ4v) is 2.28. The highest BCUT2D eigenvalue weighted by atomic mass is 35.5. The Kier molecular flexibility index (Phi) is 5.82. The van der Waals surface area contributed by atoms with Gasteiger partial charge in [0.2, 0.25) is 0 Å². The first-order valence-corrected chi connectivity index (χ1v) is 7.77. The molecule has 1 amide bonds. The zero-order valence-corrected chi connectivity index (χ0v) is 14.1. The summed E-state index contributed by atoms with van der Waals surface area (Å²) in [5, 5.41) is 13.2. The van der Waals surface area contributed by atoms with Gasteiger partial charge < -0.3 is 15.2 Å². The maximum absolute atomic E-state index is 11.9. The van der Waals surface area contributed by atoms with Gasteiger partial charge in [0.25, 0.3) is 5.91 Å². The number of rotatable bonds is 5. The maximum atomic E-state index is 11.9. The maximum Gasteiger partial charge on any atom is 0.342 e. The van der Waals surface area contributed by atoms with Crippen molar-refractivity contribution in [2.45, 2.75) is 19.9 Å². The largest absolute Gasteiger partial charge is 0.507 e. The van der Waals surface area contributed by atoms with E-state index in [4.69, 9.17) is 16.3 Å². The van der Waals surface area contributed by atoms with Gasteiger partial charge in [0.1, 0.15) is 11.3 Å². The van der Waals surface area contributed by atoms with E-state index in [1.807, 2.05) is 19.1 Å². The van der Waals surface area contributed by atoms with E-state index in [0.29, 0.717) is 10.6 Å². The van der Waals surface area contributed by atoms with E-state index >= 15 is 0 Å². The van der Waals surface area contributed by atoms with Crippen LogP contribution in [0, 0.1) is 6.92 Å². The summed E-state index contributed by atoms with van der Waals surface area (Å²) in [5.74, 6) is -1.32. The second kappa shape index (κ2) is 7.84. The van der Waals surface area contributed by atoms with E-state index in [0.717, 1.165) is 5.56 Å². The third-order valence-electron chi connectivity index (χ3n) is 3.54. The van der Waals surface area contributed by atoms with Crippen LogP contribution >= 0.6 is 11.6 Å². The molecule has 0 aliphatic heterocycles. The van der Waals surface area contributed by atoms with Crippen LogP contribution in [-0.4, -0.2) is 23.6 Å². The molecule has 24 heavy (non-hydrogen) atoms. The quantitative estimate of drug-likeness (QED) is 0.813. The van der Waals surface area contributed by atoms with Crippen molar-refractivity contribution < 1.29 is 19.4 Å². The Morgan fingerprint density at radius 1 is 1.21 bits per heavy atom. The summed E-state index contributed by atoms with van der Waals surface area (Å²) < 4.78 is 4.95. The number of aromatic hydroxyl groups is 1. The Balaban J connectivity index is 1.89. The van der Waals surface area contributed by atoms with E-state index in [9.17, 15) is 14.7 Å². The molecule has 2 N–H and O–H groups in total. The molecule has 5 nitrogen and oxygen atoms in total. The molecule has 2 aromatic rings. The van der Waals surface area contributed by atoms with Gasteiger partial charge in [-0.3, -0.25) is 4.79 Å². The fraction of sp³-hybridized carbons (Fsp3) is 0.222. The molecule has 0 aliphatic carbocycles. The van der Waals surface area contributed by atoms with Crippen LogP contribution in [0.1, 0.15) is 34.5 Å². The molecular weight excluding hydrogens is 330 g/mol. The van der Waals surface area contributed by atoms with Gasteiger partial charge in [-0.15, -0.1) is 0 Å². The fourth-order valence-electron chi connectivity index (χ4n) is 2.15. The predicted octanol–water partition coefficient (Wildman–Crippen LogP) is 3.39. The molecule has 126 valence electrons. The van der Waals surface area contributed by atoms with Crippen molar-refractivity contribution in [3.8, 4) is 5.75 Å². The molecule has 2 aromatic carbocycles. The summed E-state index contributed by atoms with van der Waals surface area (Å²) in [6.45, 7) is 3.06. The molecule has 2 rings (SSSR count). The second-order valence-electron chi connectivity index (χ2n) is 5.39. The Bertz CT molecular complexity index is 743. The predicted molar refractivity (Wildman–Crippen MR) is 91.1 cm³/mol. The number of amides is 1. The van der Waals surface area contributed by atoms with Gasteiger partial charge in [-0.2, -0.15) is 0 Å². The van der Waals surface area contributed by atoms with Gasteiger partial charge in [0.05, 0.1) is 6.04 Å². The molecule has 0 spiro atoms. The first kappa shape index (κ1) is 17.8. The number of ether oxygens (including phenoxy) is 1. The van der Waals surface area contributed by atoms with Crippen LogP contribution < -0.4 is 5.32 Å². The average Bonchev–Trinajstić information content (AvgIpc) is 2.55. The van der Waals surface area contributed by atoms with Gasteiger partial charge in [0.15, 0.2) is 6.61 Å². The number of para-hydroxylation sites is 1. The van der Waals surface area contributed by atoms with Crippen molar-refractivity contribution in [2.24, 2.45) is 0 Å². The smallest absolute Gasteiger partial charge is 0.342 e. The number of nitrogens with one attached hydrogen (secondary N) is 1. The van der Waals surface area contributed by atoms with E-state index in [-0.39, 0.29) is 17.4 Å². The summed E-state index contributed by atoms with van der Waals surface area (Å²) in [4.78, 5) is 23.8. The van der Waals surface area contributed by atoms with E-state index in [2.05, 4.69) is 5.32 Å². The van der Waals surface area contributed by atoms with Crippen LogP contribution in [0.15, 0.2) is 42.5 Å². The summed E-state index contributed by atoms with van der Waals surface area (Å²) in [6.07, 6.45) is 0. The minimum Gasteiger partial charge on any atom is -0.507 e. The molecule has 0 heterocycles. The van der Waals surface area contributed by atoms with Crippen LogP contribution in [0.5, 0.6) is 5.75 Å². The summed E-state index contributed by atoms with van der Waals surface area (Å²) in [7, 11) is 0. The second-order valence-corrected chi connectivity index (χ2v) is 5.82. The van der Waals surface area contributed by atoms with Crippen molar-refractivity contribution in [1.29, 1.82) is 0 Å². The Hall–Kier alpha value is -2.53. The van der Waals surface area contributed by atoms with Gasteiger partial charge in [-0.05, 0) is 43.2 Å². The molecule has 0 aliphatic rings. The van der Waals surface area contributed by atoms with Crippen molar-refractivity contribution in [3.05, 3.63) is 64.2 Å². The number of aryl methyl sites for hydroxylation is 1. The third-order valence-corrected chi connectivity index (χ3v) is 3.79. The zero-order valence-electron chi connectivity index (χ0n) is 13.4. The molecule has 0 fully saturated rings. The number of hydrogen-bond donors (Lipinski definition) is 2. The molecule has 0 aromatic heterocycles. The molecule has 0 saturated carbocycles. The lowest BCUT2D eigenvalue weighted by atomic mass is 10.1. The SMILES string of the molecule is Cc1cccc(C(=O)OCC(=O)N[C@H](C)c2ccc(Cl)cc2)c1O. The lowest BCUT2D eigenvalue weighted by Crippen LogP contribution is -2.31. The normalized spacial score (nSPS) is 11.6. The topological polar surface area (TPSA) is 75.6 Å². The Morgan fingerprint density at radius 3 is 2.54 bits per heavy atom. The lowest BCUT2D eigenvalue weighted by Gasteiger charge is -2.14. The number of hydrogen-bond acceptors (Lipinski definition) is 4. The van der Waals surface area contributed by atoms with Crippen LogP contribution in [0.4, 0.5) is 0 Å². The molecule has 1 atom stereocenters. The number of halogens is 1. The van der Waals surface area contributed by atoms with Gasteiger partial charge in [0, 0.05) is 5.02 Å². The number of carbonyl (C=O) groups excluding carboxylic acids is 2. The highest BCUT2D eigenvalue weighted by Gasteiger charge is 2.16. The van der Waals surface area contributed by atoms with Gasteiger partial charge in [-0.25, -0.2) is 4.79 Å². The molecule has 0 unspecified atom stereocenters. The van der Waals surface area contributed by atoms with E-state index < -0.39 is 18.5 Å². The molecule has 6 heteroatoms. The molecular formula is C18H18ClNO4. The standard InChI is InChI=1S/C18H18ClNO4/c1-11-4-3-5-15(17(11)22)18(23)24-10-16(21)20-12(2)13-6-8-14(19)9-7-13/h3-9,12,22H,10H2,1-2H3,(H,20,21)/t12-/m1/s1. The minimum absolute atomic E-state index is 0.0357.